The maximum Gasteiger partial charge on any atom is 0.315 e. The first-order valence-corrected chi connectivity index (χ1v) is 10.1. The zero-order chi connectivity index (χ0) is 18.2. The molecule has 1 aromatic rings. The normalized spacial score (nSPS) is 20.1. The quantitative estimate of drug-likeness (QED) is 0.865. The number of hydrogen-bond donors (Lipinski definition) is 2. The summed E-state index contributed by atoms with van der Waals surface area (Å²) in [4.78, 5) is 27.9. The lowest BCUT2D eigenvalue weighted by Gasteiger charge is -2.40. The Morgan fingerprint density at radius 3 is 2.15 bits per heavy atom. The minimum absolute atomic E-state index is 0.133. The Bertz CT molecular complexity index is 589. The molecule has 5 nitrogen and oxygen atoms in total. The molecular formula is C21H31N3O2. The SMILES string of the molecule is O=C(NCc1ccccc1)NC1(C(=O)N2CCCCCC2)CCCCC1. The number of carbonyl (C=O) groups excluding carboxylic acids is 2. The molecule has 2 aliphatic rings. The fourth-order valence-corrected chi connectivity index (χ4v) is 4.16. The van der Waals surface area contributed by atoms with Crippen LogP contribution in [0.1, 0.15) is 63.4 Å². The molecule has 0 spiro atoms. The van der Waals surface area contributed by atoms with Gasteiger partial charge < -0.3 is 15.5 Å². The van der Waals surface area contributed by atoms with Gasteiger partial charge in [-0.2, -0.15) is 0 Å². The summed E-state index contributed by atoms with van der Waals surface area (Å²) < 4.78 is 0. The van der Waals surface area contributed by atoms with E-state index in [1.54, 1.807) is 0 Å². The van der Waals surface area contributed by atoms with Gasteiger partial charge in [0.2, 0.25) is 5.91 Å². The maximum atomic E-state index is 13.3. The number of hydrogen-bond acceptors (Lipinski definition) is 2. The summed E-state index contributed by atoms with van der Waals surface area (Å²) in [7, 11) is 0. The molecule has 0 radical (unpaired) electrons. The molecule has 1 saturated carbocycles. The molecule has 0 unspecified atom stereocenters. The second kappa shape index (κ2) is 9.06. The third-order valence-electron chi connectivity index (χ3n) is 5.66. The van der Waals surface area contributed by atoms with Gasteiger partial charge in [-0.25, -0.2) is 4.79 Å². The molecule has 2 N–H and O–H groups in total. The van der Waals surface area contributed by atoms with Crippen molar-refractivity contribution in [3.63, 3.8) is 0 Å². The van der Waals surface area contributed by atoms with Crippen LogP contribution in [-0.2, 0) is 11.3 Å². The van der Waals surface area contributed by atoms with E-state index in [1.807, 2.05) is 35.2 Å². The second-order valence-corrected chi connectivity index (χ2v) is 7.64. The summed E-state index contributed by atoms with van der Waals surface area (Å²) >= 11 is 0. The van der Waals surface area contributed by atoms with E-state index < -0.39 is 5.54 Å². The van der Waals surface area contributed by atoms with Gasteiger partial charge in [0, 0.05) is 19.6 Å². The van der Waals surface area contributed by atoms with Crippen LogP contribution in [-0.4, -0.2) is 35.5 Å². The van der Waals surface area contributed by atoms with Gasteiger partial charge in [0.25, 0.3) is 0 Å². The van der Waals surface area contributed by atoms with E-state index in [0.29, 0.717) is 6.54 Å². The van der Waals surface area contributed by atoms with E-state index in [0.717, 1.165) is 63.6 Å². The van der Waals surface area contributed by atoms with Crippen molar-refractivity contribution in [2.75, 3.05) is 13.1 Å². The van der Waals surface area contributed by atoms with Crippen molar-refractivity contribution >= 4 is 11.9 Å². The van der Waals surface area contributed by atoms with Crippen molar-refractivity contribution in [3.8, 4) is 0 Å². The predicted octanol–water partition coefficient (Wildman–Crippen LogP) is 3.59. The van der Waals surface area contributed by atoms with Gasteiger partial charge in [0.15, 0.2) is 0 Å². The van der Waals surface area contributed by atoms with Gasteiger partial charge in [-0.15, -0.1) is 0 Å². The Balaban J connectivity index is 1.64. The Labute approximate surface area is 156 Å². The number of nitrogens with zero attached hydrogens (tertiary/aromatic N) is 1. The molecule has 1 aromatic carbocycles. The highest BCUT2D eigenvalue weighted by atomic mass is 16.2. The number of rotatable bonds is 4. The third kappa shape index (κ3) is 4.77. The first-order chi connectivity index (χ1) is 12.7. The summed E-state index contributed by atoms with van der Waals surface area (Å²) in [6.07, 6.45) is 9.18. The lowest BCUT2D eigenvalue weighted by molar-refractivity contribution is -0.139. The largest absolute Gasteiger partial charge is 0.341 e. The molecule has 1 saturated heterocycles. The fourth-order valence-electron chi connectivity index (χ4n) is 4.16. The number of nitrogens with one attached hydrogen (secondary N) is 2. The van der Waals surface area contributed by atoms with Gasteiger partial charge >= 0.3 is 6.03 Å². The van der Waals surface area contributed by atoms with Crippen molar-refractivity contribution in [2.24, 2.45) is 0 Å². The van der Waals surface area contributed by atoms with E-state index in [1.165, 1.54) is 12.8 Å². The molecule has 0 bridgehead atoms. The first kappa shape index (κ1) is 18.7. The molecule has 3 rings (SSSR count). The minimum atomic E-state index is -0.719. The Hall–Kier alpha value is -2.04. The fraction of sp³-hybridized carbons (Fsp3) is 0.619. The van der Waals surface area contributed by atoms with Crippen LogP contribution in [0.25, 0.3) is 0 Å². The molecule has 1 heterocycles. The standard InChI is InChI=1S/C21H31N3O2/c25-19(24-15-9-1-2-10-16-24)21(13-7-4-8-14-21)23-20(26)22-17-18-11-5-3-6-12-18/h3,5-6,11-12H,1-2,4,7-10,13-17H2,(H2,22,23,26). The van der Waals surface area contributed by atoms with Gasteiger partial charge in [-0.05, 0) is 31.2 Å². The number of likely N-dealkylation sites (tertiary alicyclic amines) is 1. The van der Waals surface area contributed by atoms with Gasteiger partial charge in [0.1, 0.15) is 5.54 Å². The molecule has 1 aliphatic heterocycles. The zero-order valence-electron chi connectivity index (χ0n) is 15.6. The Morgan fingerprint density at radius 1 is 0.885 bits per heavy atom. The van der Waals surface area contributed by atoms with Crippen molar-refractivity contribution < 1.29 is 9.59 Å². The number of benzene rings is 1. The average molecular weight is 357 g/mol. The van der Waals surface area contributed by atoms with Gasteiger partial charge in [-0.3, -0.25) is 4.79 Å². The predicted molar refractivity (Wildman–Crippen MR) is 103 cm³/mol. The molecular weight excluding hydrogens is 326 g/mol. The Morgan fingerprint density at radius 2 is 1.50 bits per heavy atom. The highest BCUT2D eigenvalue weighted by Crippen LogP contribution is 2.31. The van der Waals surface area contributed by atoms with Crippen LogP contribution in [0.5, 0.6) is 0 Å². The van der Waals surface area contributed by atoms with Gasteiger partial charge in [0.05, 0.1) is 0 Å². The van der Waals surface area contributed by atoms with Crippen molar-refractivity contribution in [3.05, 3.63) is 35.9 Å². The maximum absolute atomic E-state index is 13.3. The van der Waals surface area contributed by atoms with Crippen molar-refractivity contribution in [1.82, 2.24) is 15.5 Å². The monoisotopic (exact) mass is 357 g/mol. The molecule has 0 atom stereocenters. The highest BCUT2D eigenvalue weighted by Gasteiger charge is 2.43. The van der Waals surface area contributed by atoms with Crippen molar-refractivity contribution in [1.29, 1.82) is 0 Å². The average Bonchev–Trinajstić information content (AvgIpc) is 2.97. The van der Waals surface area contributed by atoms with Crippen molar-refractivity contribution in [2.45, 2.75) is 69.9 Å². The molecule has 26 heavy (non-hydrogen) atoms. The summed E-state index contributed by atoms with van der Waals surface area (Å²) in [6, 6.07) is 9.61. The molecule has 5 heteroatoms. The summed E-state index contributed by atoms with van der Waals surface area (Å²) in [5.41, 5.74) is 0.336. The van der Waals surface area contributed by atoms with Crippen LogP contribution in [0.2, 0.25) is 0 Å². The van der Waals surface area contributed by atoms with Crippen LogP contribution in [0.3, 0.4) is 0 Å². The van der Waals surface area contributed by atoms with Crippen LogP contribution < -0.4 is 10.6 Å². The number of amides is 3. The van der Waals surface area contributed by atoms with E-state index >= 15 is 0 Å². The van der Waals surface area contributed by atoms with Crippen LogP contribution in [0, 0.1) is 0 Å². The second-order valence-electron chi connectivity index (χ2n) is 7.64. The number of urea groups is 1. The summed E-state index contributed by atoms with van der Waals surface area (Å²) in [5.74, 6) is 0.133. The molecule has 3 amide bonds. The third-order valence-corrected chi connectivity index (χ3v) is 5.66. The topological polar surface area (TPSA) is 61.4 Å². The van der Waals surface area contributed by atoms with Gasteiger partial charge in [-0.1, -0.05) is 62.4 Å². The Kier molecular flexibility index (Phi) is 6.53. The first-order valence-electron chi connectivity index (χ1n) is 10.1. The molecule has 142 valence electrons. The lowest BCUT2D eigenvalue weighted by Crippen LogP contribution is -2.62. The van der Waals surface area contributed by atoms with Crippen LogP contribution in [0.15, 0.2) is 30.3 Å². The van der Waals surface area contributed by atoms with Crippen LogP contribution >= 0.6 is 0 Å². The lowest BCUT2D eigenvalue weighted by atomic mass is 9.80. The van der Waals surface area contributed by atoms with E-state index in [9.17, 15) is 9.59 Å². The molecule has 0 aromatic heterocycles. The summed E-state index contributed by atoms with van der Waals surface area (Å²) in [6.45, 7) is 2.13. The van der Waals surface area contributed by atoms with E-state index in [4.69, 9.17) is 0 Å². The number of carbonyl (C=O) groups is 2. The highest BCUT2D eigenvalue weighted by molar-refractivity contribution is 5.91. The molecule has 1 aliphatic carbocycles. The minimum Gasteiger partial charge on any atom is -0.341 e. The molecule has 2 fully saturated rings. The zero-order valence-corrected chi connectivity index (χ0v) is 15.6. The smallest absolute Gasteiger partial charge is 0.315 e. The summed E-state index contributed by atoms with van der Waals surface area (Å²) in [5, 5.41) is 6.00. The van der Waals surface area contributed by atoms with E-state index in [-0.39, 0.29) is 11.9 Å². The van der Waals surface area contributed by atoms with E-state index in [2.05, 4.69) is 10.6 Å². The van der Waals surface area contributed by atoms with Crippen LogP contribution in [0.4, 0.5) is 4.79 Å².